The Morgan fingerprint density at radius 2 is 1.40 bits per heavy atom. The highest BCUT2D eigenvalue weighted by Crippen LogP contribution is 2.47. The SMILES string of the molecule is C=C1[C@H](CO[Si](C)(C)C(C)(C)C)[C@@H](O[Si](C)(C)C(C)(C)C)C[C@@H]1n1cnc2c(Cl)nc(N(C(=O)OC(C)(C)C)C(=O)OC(C)(C)C)nc21. The van der Waals surface area contributed by atoms with E-state index in [2.05, 4.69) is 84.3 Å². The lowest BCUT2D eigenvalue weighted by molar-refractivity contribution is 0.0427. The van der Waals surface area contributed by atoms with Gasteiger partial charge < -0.3 is 22.9 Å². The second-order valence-corrected chi connectivity index (χ2v) is 27.8. The third-order valence-electron chi connectivity index (χ3n) is 9.55. The molecule has 3 rings (SSSR count). The molecule has 2 aromatic heterocycles. The molecule has 0 saturated heterocycles. The summed E-state index contributed by atoms with van der Waals surface area (Å²) in [7, 11) is -4.26. The molecule has 270 valence electrons. The molecule has 1 aliphatic rings. The van der Waals surface area contributed by atoms with Gasteiger partial charge in [0.05, 0.1) is 18.5 Å². The van der Waals surface area contributed by atoms with Crippen LogP contribution in [-0.2, 0) is 18.3 Å². The average molecular weight is 724 g/mol. The zero-order valence-corrected chi connectivity index (χ0v) is 34.8. The first kappa shape index (κ1) is 40.1. The molecular weight excluding hydrogens is 666 g/mol. The van der Waals surface area contributed by atoms with Crippen molar-refractivity contribution >= 4 is 57.5 Å². The Balaban J connectivity index is 2.13. The summed E-state index contributed by atoms with van der Waals surface area (Å²) in [6, 6.07) is -0.270. The zero-order chi connectivity index (χ0) is 37.0. The van der Waals surface area contributed by atoms with Crippen molar-refractivity contribution in [3.8, 4) is 0 Å². The number of carbonyl (C=O) groups is 2. The van der Waals surface area contributed by atoms with Gasteiger partial charge in [0.2, 0.25) is 5.95 Å². The van der Waals surface area contributed by atoms with Crippen molar-refractivity contribution in [1.29, 1.82) is 0 Å². The van der Waals surface area contributed by atoms with Gasteiger partial charge in [0, 0.05) is 12.5 Å². The van der Waals surface area contributed by atoms with Crippen molar-refractivity contribution in [3.05, 3.63) is 23.6 Å². The molecule has 1 aliphatic carbocycles. The standard InChI is InChI=1S/C34H58ClN5O6Si2/c1-21-22(19-43-47(14,15)33(8,9)10)24(46-48(16,17)34(11,12)13)18-23(21)39-20-36-25-26(35)37-28(38-27(25)39)40(29(41)44-31(2,3)4)30(42)45-32(5,6)7/h20,22-24H,1,18-19H2,2-17H3/t22-,23-,24-/m0/s1. The number of hydrogen-bond donors (Lipinski definition) is 0. The van der Waals surface area contributed by atoms with Crippen LogP contribution in [0.15, 0.2) is 18.5 Å². The highest BCUT2D eigenvalue weighted by Gasteiger charge is 2.48. The Labute approximate surface area is 294 Å². The van der Waals surface area contributed by atoms with Crippen molar-refractivity contribution in [2.75, 3.05) is 11.5 Å². The number of nitrogens with zero attached hydrogens (tertiary/aromatic N) is 5. The smallest absolute Gasteiger partial charge is 0.427 e. The molecule has 0 spiro atoms. The molecule has 48 heavy (non-hydrogen) atoms. The second-order valence-electron chi connectivity index (χ2n) is 17.9. The molecule has 0 radical (unpaired) electrons. The van der Waals surface area contributed by atoms with Crippen molar-refractivity contribution in [2.45, 2.75) is 149 Å². The largest absolute Gasteiger partial charge is 0.443 e. The summed E-state index contributed by atoms with van der Waals surface area (Å²) in [5.74, 6) is -0.360. The molecule has 0 aliphatic heterocycles. The number of fused-ring (bicyclic) bond motifs is 1. The molecule has 2 heterocycles. The number of imide groups is 1. The fourth-order valence-electron chi connectivity index (χ4n) is 4.78. The summed E-state index contributed by atoms with van der Waals surface area (Å²) < 4.78 is 26.8. The third kappa shape index (κ3) is 9.06. The van der Waals surface area contributed by atoms with Gasteiger partial charge in [0.15, 0.2) is 27.4 Å². The fraction of sp³-hybridized carbons (Fsp3) is 0.735. The number of halogens is 1. The van der Waals surface area contributed by atoms with E-state index in [-0.39, 0.29) is 39.2 Å². The maximum atomic E-state index is 13.4. The van der Waals surface area contributed by atoms with Gasteiger partial charge in [0.25, 0.3) is 0 Å². The number of aromatic nitrogens is 4. The Morgan fingerprint density at radius 3 is 1.85 bits per heavy atom. The van der Waals surface area contributed by atoms with Gasteiger partial charge in [-0.05, 0) is 89.8 Å². The van der Waals surface area contributed by atoms with E-state index in [0.29, 0.717) is 29.1 Å². The first-order chi connectivity index (χ1) is 21.5. The summed E-state index contributed by atoms with van der Waals surface area (Å²) in [5.41, 5.74) is -0.219. The number of imidazole rings is 1. The minimum Gasteiger partial charge on any atom is -0.443 e. The maximum Gasteiger partial charge on any atom is 0.427 e. The number of carbonyl (C=O) groups excluding carboxylic acids is 2. The van der Waals surface area contributed by atoms with E-state index in [1.807, 2.05) is 4.57 Å². The van der Waals surface area contributed by atoms with Crippen LogP contribution in [0, 0.1) is 5.92 Å². The Kier molecular flexibility index (Phi) is 11.2. The second kappa shape index (κ2) is 13.4. The van der Waals surface area contributed by atoms with Gasteiger partial charge in [-0.15, -0.1) is 4.90 Å². The molecule has 3 atom stereocenters. The summed E-state index contributed by atoms with van der Waals surface area (Å²) >= 11 is 6.66. The minimum absolute atomic E-state index is 0.00139. The fourth-order valence-corrected chi connectivity index (χ4v) is 7.39. The van der Waals surface area contributed by atoms with Crippen LogP contribution in [0.2, 0.25) is 41.4 Å². The molecule has 0 aromatic carbocycles. The molecule has 11 nitrogen and oxygen atoms in total. The Morgan fingerprint density at radius 1 is 0.896 bits per heavy atom. The van der Waals surface area contributed by atoms with Crippen LogP contribution >= 0.6 is 11.6 Å². The van der Waals surface area contributed by atoms with E-state index in [4.69, 9.17) is 34.9 Å². The van der Waals surface area contributed by atoms with E-state index in [1.54, 1.807) is 47.9 Å². The molecule has 0 unspecified atom stereocenters. The summed E-state index contributed by atoms with van der Waals surface area (Å²) in [5, 5.41) is 0.0174. The van der Waals surface area contributed by atoms with Crippen LogP contribution in [0.25, 0.3) is 11.2 Å². The lowest BCUT2D eigenvalue weighted by atomic mass is 10.0. The first-order valence-electron chi connectivity index (χ1n) is 16.6. The molecule has 2 aromatic rings. The van der Waals surface area contributed by atoms with Crippen LogP contribution in [0.4, 0.5) is 15.5 Å². The molecule has 1 fully saturated rings. The van der Waals surface area contributed by atoms with Gasteiger partial charge in [-0.2, -0.15) is 9.97 Å². The van der Waals surface area contributed by atoms with Gasteiger partial charge in [-0.25, -0.2) is 14.6 Å². The number of rotatable bonds is 7. The molecule has 14 heteroatoms. The predicted octanol–water partition coefficient (Wildman–Crippen LogP) is 9.69. The van der Waals surface area contributed by atoms with Gasteiger partial charge in [-0.3, -0.25) is 0 Å². The minimum atomic E-state index is -2.18. The quantitative estimate of drug-likeness (QED) is 0.156. The van der Waals surface area contributed by atoms with E-state index in [1.165, 1.54) is 0 Å². The Bertz CT molecular complexity index is 1500. The van der Waals surface area contributed by atoms with Crippen LogP contribution in [0.3, 0.4) is 0 Å². The monoisotopic (exact) mass is 723 g/mol. The highest BCUT2D eigenvalue weighted by molar-refractivity contribution is 6.74. The normalized spacial score (nSPS) is 19.9. The molecule has 0 bridgehead atoms. The third-order valence-corrected chi connectivity index (χ3v) is 18.8. The van der Waals surface area contributed by atoms with Gasteiger partial charge in [-0.1, -0.05) is 59.7 Å². The van der Waals surface area contributed by atoms with E-state index < -0.39 is 40.0 Å². The van der Waals surface area contributed by atoms with Gasteiger partial charge >= 0.3 is 12.2 Å². The maximum absolute atomic E-state index is 13.4. The molecular formula is C34H58ClN5O6Si2. The number of ether oxygens (including phenoxy) is 2. The number of amides is 2. The van der Waals surface area contributed by atoms with E-state index in [9.17, 15) is 9.59 Å². The summed E-state index contributed by atoms with van der Waals surface area (Å²) in [4.78, 5) is 41.0. The van der Waals surface area contributed by atoms with Crippen molar-refractivity contribution in [1.82, 2.24) is 19.5 Å². The van der Waals surface area contributed by atoms with Crippen molar-refractivity contribution in [3.63, 3.8) is 0 Å². The predicted molar refractivity (Wildman–Crippen MR) is 197 cm³/mol. The van der Waals surface area contributed by atoms with E-state index in [0.717, 1.165) is 5.57 Å². The molecule has 1 saturated carbocycles. The average Bonchev–Trinajstić information content (AvgIpc) is 3.39. The molecule has 0 N–H and O–H groups in total. The lowest BCUT2D eigenvalue weighted by Crippen LogP contribution is -2.47. The van der Waals surface area contributed by atoms with Crippen molar-refractivity contribution in [2.24, 2.45) is 5.92 Å². The van der Waals surface area contributed by atoms with Crippen molar-refractivity contribution < 1.29 is 27.9 Å². The molecule has 2 amide bonds. The number of hydrogen-bond acceptors (Lipinski definition) is 9. The van der Waals surface area contributed by atoms with Crippen LogP contribution < -0.4 is 4.90 Å². The summed E-state index contributed by atoms with van der Waals surface area (Å²) in [6.45, 7) is 37.6. The van der Waals surface area contributed by atoms with Crippen LogP contribution in [-0.4, -0.2) is 72.3 Å². The van der Waals surface area contributed by atoms with Gasteiger partial charge in [0.1, 0.15) is 16.7 Å². The zero-order valence-electron chi connectivity index (χ0n) is 32.0. The van der Waals surface area contributed by atoms with Crippen LogP contribution in [0.1, 0.15) is 95.5 Å². The topological polar surface area (TPSA) is 118 Å². The highest BCUT2D eigenvalue weighted by atomic mass is 35.5. The first-order valence-corrected chi connectivity index (χ1v) is 22.8. The lowest BCUT2D eigenvalue weighted by Gasteiger charge is -2.41. The summed E-state index contributed by atoms with van der Waals surface area (Å²) in [6.07, 6.45) is 0.128. The van der Waals surface area contributed by atoms with E-state index >= 15 is 0 Å². The number of anilines is 1. The van der Waals surface area contributed by atoms with Crippen LogP contribution in [0.5, 0.6) is 0 Å². The Hall–Kier alpha value is -2.33.